The molecule has 8 nitrogen and oxygen atoms in total. The summed E-state index contributed by atoms with van der Waals surface area (Å²) in [6.45, 7) is 10.9. The molecule has 3 rings (SSSR count). The van der Waals surface area contributed by atoms with Crippen molar-refractivity contribution in [3.8, 4) is 0 Å². The van der Waals surface area contributed by atoms with Gasteiger partial charge in [0.05, 0.1) is 30.1 Å². The molecular weight excluding hydrogens is 422 g/mol. The van der Waals surface area contributed by atoms with Crippen molar-refractivity contribution in [3.05, 3.63) is 0 Å². The Kier molecular flexibility index (Phi) is 8.10. The molecule has 3 fully saturated rings. The number of aliphatic hydroxyl groups is 1. The van der Waals surface area contributed by atoms with Gasteiger partial charge in [-0.1, -0.05) is 40.5 Å². The number of carbonyl (C=O) groups excluding carboxylic acids is 3. The molecule has 8 heteroatoms. The predicted octanol–water partition coefficient (Wildman–Crippen LogP) is 1.99. The second-order valence-electron chi connectivity index (χ2n) is 10.7. The van der Waals surface area contributed by atoms with Crippen molar-refractivity contribution in [2.24, 2.45) is 17.8 Å². The third-order valence-corrected chi connectivity index (χ3v) is 7.72. The molecule has 1 spiro atoms. The maximum absolute atomic E-state index is 14.0. The molecule has 3 saturated heterocycles. The Bertz CT molecular complexity index is 744. The van der Waals surface area contributed by atoms with Gasteiger partial charge in [-0.3, -0.25) is 14.4 Å². The third-order valence-electron chi connectivity index (χ3n) is 7.72. The zero-order valence-electron chi connectivity index (χ0n) is 21.0. The van der Waals surface area contributed by atoms with Gasteiger partial charge in [0.15, 0.2) is 0 Å². The lowest BCUT2D eigenvalue weighted by Gasteiger charge is -2.37. The molecule has 6 atom stereocenters. The van der Waals surface area contributed by atoms with Gasteiger partial charge in [-0.15, -0.1) is 0 Å². The molecule has 0 radical (unpaired) electrons. The van der Waals surface area contributed by atoms with Crippen LogP contribution in [0.15, 0.2) is 0 Å². The van der Waals surface area contributed by atoms with Gasteiger partial charge in [-0.2, -0.15) is 0 Å². The van der Waals surface area contributed by atoms with Crippen molar-refractivity contribution in [3.63, 3.8) is 0 Å². The summed E-state index contributed by atoms with van der Waals surface area (Å²) < 4.78 is 6.58. The van der Waals surface area contributed by atoms with Crippen molar-refractivity contribution < 1.29 is 24.2 Å². The van der Waals surface area contributed by atoms with E-state index in [4.69, 9.17) is 4.74 Å². The average Bonchev–Trinajstić information content (AvgIpc) is 3.34. The molecule has 0 aromatic heterocycles. The van der Waals surface area contributed by atoms with Crippen molar-refractivity contribution in [2.75, 3.05) is 19.7 Å². The van der Waals surface area contributed by atoms with Gasteiger partial charge in [0.25, 0.3) is 0 Å². The first-order valence-electron chi connectivity index (χ1n) is 12.9. The summed E-state index contributed by atoms with van der Waals surface area (Å²) >= 11 is 0. The molecule has 3 N–H and O–H groups in total. The molecule has 33 heavy (non-hydrogen) atoms. The molecule has 0 aliphatic carbocycles. The van der Waals surface area contributed by atoms with E-state index in [0.29, 0.717) is 32.4 Å². The van der Waals surface area contributed by atoms with Crippen molar-refractivity contribution in [1.82, 2.24) is 15.5 Å². The molecule has 3 aliphatic rings. The molecule has 2 unspecified atom stereocenters. The van der Waals surface area contributed by atoms with E-state index >= 15 is 0 Å². The molecule has 2 bridgehead atoms. The number of carbonyl (C=O) groups is 3. The fourth-order valence-corrected chi connectivity index (χ4v) is 6.32. The van der Waals surface area contributed by atoms with Crippen LogP contribution in [0.3, 0.4) is 0 Å². The summed E-state index contributed by atoms with van der Waals surface area (Å²) in [5, 5.41) is 16.2. The minimum absolute atomic E-state index is 0.173. The highest BCUT2D eigenvalue weighted by Crippen LogP contribution is 2.63. The number of unbranched alkanes of at least 4 members (excludes halogenated alkanes) is 2. The predicted molar refractivity (Wildman–Crippen MR) is 125 cm³/mol. The van der Waals surface area contributed by atoms with Crippen LogP contribution in [0.5, 0.6) is 0 Å². The number of fused-ring (bicyclic) bond motifs is 1. The molecule has 188 valence electrons. The Morgan fingerprint density at radius 2 is 1.82 bits per heavy atom. The maximum atomic E-state index is 14.0. The monoisotopic (exact) mass is 465 g/mol. The first-order chi connectivity index (χ1) is 15.7. The van der Waals surface area contributed by atoms with Gasteiger partial charge >= 0.3 is 0 Å². The molecule has 0 aromatic rings. The molecule has 0 saturated carbocycles. The van der Waals surface area contributed by atoms with Gasteiger partial charge in [-0.05, 0) is 44.9 Å². The first-order valence-corrected chi connectivity index (χ1v) is 12.9. The Morgan fingerprint density at radius 1 is 1.12 bits per heavy atom. The molecule has 3 heterocycles. The number of nitrogens with zero attached hydrogens (tertiary/aromatic N) is 1. The number of nitrogens with one attached hydrogen (secondary N) is 2. The standard InChI is InChI=1S/C25H43N3O5/c1-6-8-9-13-27-22(31)20-25-11-10-24(5,33-25)18(21(30)26-12-7-2)19(25)23(32)28(20)17(15-29)14-16(3)4/h16-20,29H,6-15H2,1-5H3,(H,26,30)(H,27,31)/t17-,18+,19+,20?,24-,25?/m1/s1. The van der Waals surface area contributed by atoms with Crippen LogP contribution in [0.4, 0.5) is 0 Å². The van der Waals surface area contributed by atoms with E-state index < -0.39 is 35.1 Å². The van der Waals surface area contributed by atoms with Crippen LogP contribution in [0, 0.1) is 17.8 Å². The van der Waals surface area contributed by atoms with Crippen molar-refractivity contribution in [1.29, 1.82) is 0 Å². The zero-order valence-corrected chi connectivity index (χ0v) is 21.0. The van der Waals surface area contributed by atoms with Crippen LogP contribution in [-0.2, 0) is 19.1 Å². The Hall–Kier alpha value is -1.67. The van der Waals surface area contributed by atoms with E-state index in [1.165, 1.54) is 0 Å². The summed E-state index contributed by atoms with van der Waals surface area (Å²) in [5.41, 5.74) is -1.79. The number of aliphatic hydroxyl groups excluding tert-OH is 1. The number of rotatable bonds is 12. The lowest BCUT2D eigenvalue weighted by molar-refractivity contribution is -0.150. The van der Waals surface area contributed by atoms with Crippen LogP contribution in [0.2, 0.25) is 0 Å². The minimum Gasteiger partial charge on any atom is -0.394 e. The summed E-state index contributed by atoms with van der Waals surface area (Å²) in [6.07, 6.45) is 5.50. The van der Waals surface area contributed by atoms with Gasteiger partial charge in [-0.25, -0.2) is 0 Å². The van der Waals surface area contributed by atoms with E-state index in [9.17, 15) is 19.5 Å². The Balaban J connectivity index is 1.98. The summed E-state index contributed by atoms with van der Waals surface area (Å²) in [5.74, 6) is -1.75. The lowest BCUT2D eigenvalue weighted by Crippen LogP contribution is -2.58. The van der Waals surface area contributed by atoms with E-state index in [1.54, 1.807) is 4.90 Å². The quantitative estimate of drug-likeness (QED) is 0.382. The second-order valence-corrected chi connectivity index (χ2v) is 10.7. The number of hydrogen-bond donors (Lipinski definition) is 3. The summed E-state index contributed by atoms with van der Waals surface area (Å²) in [4.78, 5) is 42.3. The smallest absolute Gasteiger partial charge is 0.245 e. The first kappa shape index (κ1) is 25.9. The van der Waals surface area contributed by atoms with E-state index in [-0.39, 0.29) is 30.2 Å². The van der Waals surface area contributed by atoms with Crippen LogP contribution < -0.4 is 10.6 Å². The largest absolute Gasteiger partial charge is 0.394 e. The minimum atomic E-state index is -1.03. The highest BCUT2D eigenvalue weighted by Gasteiger charge is 2.78. The van der Waals surface area contributed by atoms with Gasteiger partial charge in [0.2, 0.25) is 17.7 Å². The molecular formula is C25H43N3O5. The average molecular weight is 466 g/mol. The Morgan fingerprint density at radius 3 is 2.42 bits per heavy atom. The zero-order chi connectivity index (χ0) is 24.4. The second kappa shape index (κ2) is 10.3. The SMILES string of the molecule is CCCCCNC(=O)C1N([C@@H](CO)CC(C)C)C(=O)[C@@H]2[C@@H](C(=O)NCCC)[C@@]3(C)CCC12O3. The highest BCUT2D eigenvalue weighted by atomic mass is 16.5. The summed E-state index contributed by atoms with van der Waals surface area (Å²) in [7, 11) is 0. The number of amides is 3. The fourth-order valence-electron chi connectivity index (χ4n) is 6.32. The van der Waals surface area contributed by atoms with Gasteiger partial charge in [0.1, 0.15) is 11.6 Å². The Labute approximate surface area is 198 Å². The van der Waals surface area contributed by atoms with Crippen LogP contribution >= 0.6 is 0 Å². The maximum Gasteiger partial charge on any atom is 0.245 e. The van der Waals surface area contributed by atoms with E-state index in [1.807, 2.05) is 27.7 Å². The lowest BCUT2D eigenvalue weighted by atomic mass is 9.66. The van der Waals surface area contributed by atoms with Crippen molar-refractivity contribution >= 4 is 17.7 Å². The molecule has 3 amide bonds. The van der Waals surface area contributed by atoms with Gasteiger partial charge in [0, 0.05) is 13.1 Å². The van der Waals surface area contributed by atoms with Crippen molar-refractivity contribution in [2.45, 2.75) is 103 Å². The van der Waals surface area contributed by atoms with Crippen LogP contribution in [0.1, 0.15) is 79.6 Å². The van der Waals surface area contributed by atoms with E-state index in [0.717, 1.165) is 25.7 Å². The third kappa shape index (κ3) is 4.53. The van der Waals surface area contributed by atoms with Crippen LogP contribution in [0.25, 0.3) is 0 Å². The topological polar surface area (TPSA) is 108 Å². The van der Waals surface area contributed by atoms with E-state index in [2.05, 4.69) is 17.6 Å². The number of hydrogen-bond acceptors (Lipinski definition) is 5. The van der Waals surface area contributed by atoms with Gasteiger partial charge < -0.3 is 25.4 Å². The summed E-state index contributed by atoms with van der Waals surface area (Å²) in [6, 6.07) is -1.32. The van der Waals surface area contributed by atoms with Crippen LogP contribution in [-0.4, -0.2) is 70.7 Å². The normalized spacial score (nSPS) is 33.5. The molecule has 3 aliphatic heterocycles. The number of ether oxygens (including phenoxy) is 1. The fraction of sp³-hybridized carbons (Fsp3) is 0.880. The molecule has 0 aromatic carbocycles. The number of likely N-dealkylation sites (tertiary alicyclic amines) is 1. The highest BCUT2D eigenvalue weighted by molar-refractivity contribution is 5.99.